The van der Waals surface area contributed by atoms with Crippen LogP contribution in [0.4, 0.5) is 11.4 Å². The number of carbonyl (C=O) groups excluding carboxylic acids is 1. The number of piperidine rings is 1. The maximum atomic E-state index is 12.5. The van der Waals surface area contributed by atoms with Crippen molar-refractivity contribution in [3.63, 3.8) is 0 Å². The Balaban J connectivity index is 1.58. The number of rotatable bonds is 5. The van der Waals surface area contributed by atoms with Crippen molar-refractivity contribution in [1.82, 2.24) is 5.32 Å². The first-order valence-electron chi connectivity index (χ1n) is 9.28. The van der Waals surface area contributed by atoms with Gasteiger partial charge in [-0.3, -0.25) is 14.9 Å². The molecule has 1 saturated heterocycles. The summed E-state index contributed by atoms with van der Waals surface area (Å²) in [6.45, 7) is 5.75. The number of benzene rings is 2. The molecule has 6 heteroatoms. The molecular formula is C21H25N3O3. The van der Waals surface area contributed by atoms with Crippen LogP contribution in [0, 0.1) is 29.9 Å². The summed E-state index contributed by atoms with van der Waals surface area (Å²) >= 11 is 0. The highest BCUT2D eigenvalue weighted by Crippen LogP contribution is 2.34. The molecule has 1 N–H and O–H groups in total. The van der Waals surface area contributed by atoms with Crippen LogP contribution in [-0.2, 0) is 11.3 Å². The molecule has 0 radical (unpaired) electrons. The monoisotopic (exact) mass is 367 g/mol. The van der Waals surface area contributed by atoms with Crippen molar-refractivity contribution in [3.8, 4) is 0 Å². The van der Waals surface area contributed by atoms with Crippen molar-refractivity contribution in [2.75, 3.05) is 18.0 Å². The normalized spacial score (nSPS) is 14.8. The fourth-order valence-electron chi connectivity index (χ4n) is 3.61. The molecule has 6 nitrogen and oxygen atoms in total. The summed E-state index contributed by atoms with van der Waals surface area (Å²) < 4.78 is 0. The fourth-order valence-corrected chi connectivity index (χ4v) is 3.61. The highest BCUT2D eigenvalue weighted by atomic mass is 16.6. The topological polar surface area (TPSA) is 75.5 Å². The van der Waals surface area contributed by atoms with Gasteiger partial charge in [-0.1, -0.05) is 42.0 Å². The molecule has 1 aliphatic rings. The van der Waals surface area contributed by atoms with Crippen LogP contribution < -0.4 is 10.2 Å². The van der Waals surface area contributed by atoms with Gasteiger partial charge in [0.2, 0.25) is 5.91 Å². The summed E-state index contributed by atoms with van der Waals surface area (Å²) in [5.41, 5.74) is 3.99. The van der Waals surface area contributed by atoms with Crippen LogP contribution in [0.1, 0.15) is 29.5 Å². The number of carbonyl (C=O) groups is 1. The van der Waals surface area contributed by atoms with Crippen molar-refractivity contribution < 1.29 is 9.72 Å². The maximum Gasteiger partial charge on any atom is 0.292 e. The largest absolute Gasteiger partial charge is 0.366 e. The number of nitro benzene ring substituents is 1. The van der Waals surface area contributed by atoms with Gasteiger partial charge in [0.1, 0.15) is 5.69 Å². The molecule has 0 spiro atoms. The number of nitro groups is 1. The molecule has 27 heavy (non-hydrogen) atoms. The number of hydrogen-bond donors (Lipinski definition) is 1. The summed E-state index contributed by atoms with van der Waals surface area (Å²) in [4.78, 5) is 25.5. The molecule has 2 aromatic carbocycles. The van der Waals surface area contributed by atoms with Crippen LogP contribution in [0.3, 0.4) is 0 Å². The van der Waals surface area contributed by atoms with Crippen molar-refractivity contribution >= 4 is 17.3 Å². The van der Waals surface area contributed by atoms with Crippen LogP contribution >= 0.6 is 0 Å². The lowest BCUT2D eigenvalue weighted by Crippen LogP contribution is -2.40. The summed E-state index contributed by atoms with van der Waals surface area (Å²) in [6, 6.07) is 13.3. The fraction of sp³-hybridized carbons (Fsp3) is 0.381. The first kappa shape index (κ1) is 18.9. The average molecular weight is 367 g/mol. The molecule has 3 rings (SSSR count). The molecule has 1 amide bonds. The molecule has 0 unspecified atom stereocenters. The van der Waals surface area contributed by atoms with Gasteiger partial charge in [0.25, 0.3) is 5.69 Å². The van der Waals surface area contributed by atoms with E-state index in [-0.39, 0.29) is 22.4 Å². The second-order valence-electron chi connectivity index (χ2n) is 7.16. The second kappa shape index (κ2) is 8.20. The summed E-state index contributed by atoms with van der Waals surface area (Å²) in [6.07, 6.45) is 1.40. The number of amides is 1. The van der Waals surface area contributed by atoms with Gasteiger partial charge in [-0.2, -0.15) is 0 Å². The van der Waals surface area contributed by atoms with Crippen LogP contribution in [-0.4, -0.2) is 23.9 Å². The van der Waals surface area contributed by atoms with E-state index in [1.165, 1.54) is 5.56 Å². The van der Waals surface area contributed by atoms with Crippen LogP contribution in [0.5, 0.6) is 0 Å². The van der Waals surface area contributed by atoms with Gasteiger partial charge < -0.3 is 10.2 Å². The molecule has 1 aliphatic heterocycles. The van der Waals surface area contributed by atoms with E-state index in [4.69, 9.17) is 0 Å². The lowest BCUT2D eigenvalue weighted by atomic mass is 9.94. The third-order valence-corrected chi connectivity index (χ3v) is 5.18. The molecule has 1 heterocycles. The number of aryl methyl sites for hydroxylation is 2. The Bertz CT molecular complexity index is 825. The van der Waals surface area contributed by atoms with E-state index in [0.717, 1.165) is 11.1 Å². The van der Waals surface area contributed by atoms with Gasteiger partial charge in [0, 0.05) is 31.6 Å². The molecule has 0 atom stereocenters. The molecule has 0 aromatic heterocycles. The Morgan fingerprint density at radius 2 is 1.81 bits per heavy atom. The first-order chi connectivity index (χ1) is 13.0. The Hall–Kier alpha value is -2.89. The lowest BCUT2D eigenvalue weighted by Gasteiger charge is -2.33. The van der Waals surface area contributed by atoms with Crippen LogP contribution in [0.2, 0.25) is 0 Å². The zero-order chi connectivity index (χ0) is 19.4. The van der Waals surface area contributed by atoms with Crippen LogP contribution in [0.15, 0.2) is 42.5 Å². The molecule has 0 aliphatic carbocycles. The van der Waals surface area contributed by atoms with Crippen molar-refractivity contribution in [2.45, 2.75) is 33.2 Å². The molecular weight excluding hydrogens is 342 g/mol. The van der Waals surface area contributed by atoms with E-state index in [1.807, 2.05) is 49.1 Å². The lowest BCUT2D eigenvalue weighted by molar-refractivity contribution is -0.384. The number of anilines is 1. The van der Waals surface area contributed by atoms with Crippen molar-refractivity contribution in [2.24, 2.45) is 5.92 Å². The second-order valence-corrected chi connectivity index (χ2v) is 7.16. The van der Waals surface area contributed by atoms with Gasteiger partial charge in [-0.15, -0.1) is 0 Å². The highest BCUT2D eigenvalue weighted by molar-refractivity contribution is 5.79. The van der Waals surface area contributed by atoms with Gasteiger partial charge in [0.15, 0.2) is 0 Å². The Morgan fingerprint density at radius 1 is 1.15 bits per heavy atom. The Morgan fingerprint density at radius 3 is 2.44 bits per heavy atom. The summed E-state index contributed by atoms with van der Waals surface area (Å²) in [5, 5.41) is 14.4. The number of nitrogens with zero attached hydrogens (tertiary/aromatic N) is 2. The van der Waals surface area contributed by atoms with E-state index < -0.39 is 0 Å². The minimum atomic E-state index is -0.331. The van der Waals surface area contributed by atoms with Gasteiger partial charge in [0.05, 0.1) is 4.92 Å². The van der Waals surface area contributed by atoms with E-state index >= 15 is 0 Å². The van der Waals surface area contributed by atoms with E-state index in [0.29, 0.717) is 38.2 Å². The summed E-state index contributed by atoms with van der Waals surface area (Å²) in [7, 11) is 0. The average Bonchev–Trinajstić information content (AvgIpc) is 2.67. The minimum absolute atomic E-state index is 0.0465. The molecule has 142 valence electrons. The molecule has 0 saturated carbocycles. The molecule has 0 bridgehead atoms. The number of nitrogens with one attached hydrogen (secondary N) is 1. The smallest absolute Gasteiger partial charge is 0.292 e. The predicted octanol–water partition coefficient (Wildman–Crippen LogP) is 3.74. The van der Waals surface area contributed by atoms with Crippen molar-refractivity contribution in [3.05, 3.63) is 69.3 Å². The number of hydrogen-bond acceptors (Lipinski definition) is 4. The highest BCUT2D eigenvalue weighted by Gasteiger charge is 2.29. The van der Waals surface area contributed by atoms with Gasteiger partial charge in [-0.05, 0) is 37.8 Å². The Labute approximate surface area is 159 Å². The van der Waals surface area contributed by atoms with E-state index in [1.54, 1.807) is 12.1 Å². The third-order valence-electron chi connectivity index (χ3n) is 5.18. The Kier molecular flexibility index (Phi) is 5.74. The van der Waals surface area contributed by atoms with E-state index in [9.17, 15) is 14.9 Å². The van der Waals surface area contributed by atoms with Gasteiger partial charge in [-0.25, -0.2) is 0 Å². The SMILES string of the molecule is Cc1ccc(CNC(=O)C2CCN(c3c(C)cccc3[N+](=O)[O-])CC2)cc1. The maximum absolute atomic E-state index is 12.5. The number of para-hydroxylation sites is 1. The molecule has 1 fully saturated rings. The van der Waals surface area contributed by atoms with Crippen molar-refractivity contribution in [1.29, 1.82) is 0 Å². The standard InChI is InChI=1S/C21H25N3O3/c1-15-6-8-17(9-7-15)14-22-21(25)18-10-12-23(13-11-18)20-16(2)4-3-5-19(20)24(26)27/h3-9,18H,10-14H2,1-2H3,(H,22,25). The summed E-state index contributed by atoms with van der Waals surface area (Å²) in [5.74, 6) is 0.0179. The van der Waals surface area contributed by atoms with E-state index in [2.05, 4.69) is 5.32 Å². The molecule has 2 aromatic rings. The third kappa shape index (κ3) is 4.45. The van der Waals surface area contributed by atoms with Gasteiger partial charge >= 0.3 is 0 Å². The predicted molar refractivity (Wildman–Crippen MR) is 106 cm³/mol. The zero-order valence-electron chi connectivity index (χ0n) is 15.8. The zero-order valence-corrected chi connectivity index (χ0v) is 15.8. The first-order valence-corrected chi connectivity index (χ1v) is 9.28. The van der Waals surface area contributed by atoms with Crippen LogP contribution in [0.25, 0.3) is 0 Å². The minimum Gasteiger partial charge on any atom is -0.366 e. The quantitative estimate of drug-likeness (QED) is 0.645.